The molecule has 1 saturated carbocycles. The first-order chi connectivity index (χ1) is 10.1. The van der Waals surface area contributed by atoms with Crippen molar-refractivity contribution in [3.63, 3.8) is 0 Å². The van der Waals surface area contributed by atoms with E-state index in [0.29, 0.717) is 18.0 Å². The maximum atomic E-state index is 6.18. The second-order valence-electron chi connectivity index (χ2n) is 5.55. The molecular weight excluding hydrogens is 334 g/mol. The molecule has 0 radical (unpaired) electrons. The molecular formula is C16H24BrNO3. The summed E-state index contributed by atoms with van der Waals surface area (Å²) < 4.78 is 17.4. The van der Waals surface area contributed by atoms with Crippen LogP contribution in [0.15, 0.2) is 10.5 Å². The van der Waals surface area contributed by atoms with E-state index < -0.39 is 0 Å². The topological polar surface area (TPSA) is 53.7 Å². The third kappa shape index (κ3) is 2.86. The summed E-state index contributed by atoms with van der Waals surface area (Å²) in [5.41, 5.74) is 7.24. The third-order valence-electron chi connectivity index (χ3n) is 4.53. The second-order valence-corrected chi connectivity index (χ2v) is 6.34. The highest BCUT2D eigenvalue weighted by atomic mass is 79.9. The molecule has 1 aromatic carbocycles. The first kappa shape index (κ1) is 16.4. The first-order valence-corrected chi connectivity index (χ1v) is 8.12. The summed E-state index contributed by atoms with van der Waals surface area (Å²) in [6.45, 7) is 0.609. The van der Waals surface area contributed by atoms with Gasteiger partial charge in [-0.05, 0) is 28.8 Å². The van der Waals surface area contributed by atoms with Gasteiger partial charge in [0, 0.05) is 23.6 Å². The lowest BCUT2D eigenvalue weighted by Gasteiger charge is -2.38. The Labute approximate surface area is 135 Å². The number of benzene rings is 1. The summed E-state index contributed by atoms with van der Waals surface area (Å²) in [4.78, 5) is 0. The molecule has 5 heteroatoms. The minimum Gasteiger partial charge on any atom is -0.496 e. The Morgan fingerprint density at radius 1 is 1.05 bits per heavy atom. The minimum absolute atomic E-state index is 0.0536. The van der Waals surface area contributed by atoms with Crippen molar-refractivity contribution in [1.82, 2.24) is 0 Å². The molecule has 118 valence electrons. The van der Waals surface area contributed by atoms with Crippen molar-refractivity contribution < 1.29 is 14.2 Å². The quantitative estimate of drug-likeness (QED) is 0.873. The van der Waals surface area contributed by atoms with Gasteiger partial charge in [-0.1, -0.05) is 19.3 Å². The van der Waals surface area contributed by atoms with Crippen LogP contribution < -0.4 is 19.9 Å². The van der Waals surface area contributed by atoms with Gasteiger partial charge in [0.1, 0.15) is 5.75 Å². The molecule has 1 aromatic rings. The van der Waals surface area contributed by atoms with E-state index in [2.05, 4.69) is 15.9 Å². The molecule has 1 fully saturated rings. The summed E-state index contributed by atoms with van der Waals surface area (Å²) in [5, 5.41) is 0. The Bertz CT molecular complexity index is 499. The molecule has 0 atom stereocenters. The fraction of sp³-hybridized carbons (Fsp3) is 0.625. The summed E-state index contributed by atoms with van der Waals surface area (Å²) in [5.74, 6) is 2.17. The van der Waals surface area contributed by atoms with Gasteiger partial charge in [0.25, 0.3) is 0 Å². The maximum Gasteiger partial charge on any atom is 0.175 e. The van der Waals surface area contributed by atoms with E-state index in [0.717, 1.165) is 28.6 Å². The number of hydrogen-bond acceptors (Lipinski definition) is 4. The Morgan fingerprint density at radius 2 is 1.67 bits per heavy atom. The highest BCUT2D eigenvalue weighted by Crippen LogP contribution is 2.51. The number of nitrogens with two attached hydrogens (primary N) is 1. The fourth-order valence-corrected chi connectivity index (χ4v) is 4.34. The largest absolute Gasteiger partial charge is 0.496 e. The average Bonchev–Trinajstić information content (AvgIpc) is 2.54. The Hall–Kier alpha value is -0.940. The van der Waals surface area contributed by atoms with Gasteiger partial charge in [0.15, 0.2) is 11.5 Å². The second kappa shape index (κ2) is 6.88. The lowest BCUT2D eigenvalue weighted by molar-refractivity contribution is 0.281. The monoisotopic (exact) mass is 357 g/mol. The maximum absolute atomic E-state index is 6.18. The van der Waals surface area contributed by atoms with Gasteiger partial charge < -0.3 is 19.9 Å². The molecule has 2 N–H and O–H groups in total. The van der Waals surface area contributed by atoms with Gasteiger partial charge in [-0.15, -0.1) is 0 Å². The molecule has 0 aromatic heterocycles. The van der Waals surface area contributed by atoms with E-state index in [-0.39, 0.29) is 5.41 Å². The molecule has 0 spiro atoms. The fourth-order valence-electron chi connectivity index (χ4n) is 3.37. The predicted molar refractivity (Wildman–Crippen MR) is 87.6 cm³/mol. The number of rotatable bonds is 5. The lowest BCUT2D eigenvalue weighted by Crippen LogP contribution is -2.38. The van der Waals surface area contributed by atoms with Crippen molar-refractivity contribution in [2.45, 2.75) is 37.5 Å². The highest BCUT2D eigenvalue weighted by Gasteiger charge is 2.38. The normalized spacial score (nSPS) is 17.4. The zero-order valence-electron chi connectivity index (χ0n) is 13.0. The van der Waals surface area contributed by atoms with Gasteiger partial charge in [0.2, 0.25) is 0 Å². The predicted octanol–water partition coefficient (Wildman–Crippen LogP) is 3.64. The van der Waals surface area contributed by atoms with Gasteiger partial charge >= 0.3 is 0 Å². The summed E-state index contributed by atoms with van der Waals surface area (Å²) in [7, 11) is 4.96. The molecule has 1 aliphatic rings. The van der Waals surface area contributed by atoms with Crippen molar-refractivity contribution in [3.8, 4) is 17.2 Å². The molecule has 0 amide bonds. The third-order valence-corrected chi connectivity index (χ3v) is 5.28. The van der Waals surface area contributed by atoms with Gasteiger partial charge in [-0.2, -0.15) is 0 Å². The van der Waals surface area contributed by atoms with Crippen molar-refractivity contribution in [1.29, 1.82) is 0 Å². The molecule has 0 unspecified atom stereocenters. The van der Waals surface area contributed by atoms with Crippen molar-refractivity contribution in [2.24, 2.45) is 5.73 Å². The van der Waals surface area contributed by atoms with Gasteiger partial charge in [0.05, 0.1) is 25.8 Å². The van der Waals surface area contributed by atoms with Crippen molar-refractivity contribution in [3.05, 3.63) is 16.1 Å². The van der Waals surface area contributed by atoms with E-state index >= 15 is 0 Å². The molecule has 21 heavy (non-hydrogen) atoms. The van der Waals surface area contributed by atoms with Crippen LogP contribution in [-0.4, -0.2) is 27.9 Å². The molecule has 0 bridgehead atoms. The van der Waals surface area contributed by atoms with E-state index in [9.17, 15) is 0 Å². The molecule has 0 aliphatic heterocycles. The highest BCUT2D eigenvalue weighted by molar-refractivity contribution is 9.10. The Balaban J connectivity index is 2.65. The van der Waals surface area contributed by atoms with Gasteiger partial charge in [-0.25, -0.2) is 0 Å². The SMILES string of the molecule is COc1cc(OC)c(C2(CN)CCCCC2)c(Br)c1OC. The molecule has 1 aliphatic carbocycles. The molecule has 2 rings (SSSR count). The van der Waals surface area contributed by atoms with Crippen LogP contribution in [-0.2, 0) is 5.41 Å². The van der Waals surface area contributed by atoms with Crippen LogP contribution >= 0.6 is 15.9 Å². The van der Waals surface area contributed by atoms with Crippen LogP contribution in [0.3, 0.4) is 0 Å². The summed E-state index contributed by atoms with van der Waals surface area (Å²) >= 11 is 3.70. The summed E-state index contributed by atoms with van der Waals surface area (Å²) in [6.07, 6.45) is 5.82. The Morgan fingerprint density at radius 3 is 2.14 bits per heavy atom. The summed E-state index contributed by atoms with van der Waals surface area (Å²) in [6, 6.07) is 1.89. The number of hydrogen-bond donors (Lipinski definition) is 1. The van der Waals surface area contributed by atoms with Crippen molar-refractivity contribution in [2.75, 3.05) is 27.9 Å². The van der Waals surface area contributed by atoms with E-state index in [1.165, 1.54) is 19.3 Å². The van der Waals surface area contributed by atoms with Crippen LogP contribution in [0, 0.1) is 0 Å². The molecule has 0 heterocycles. The first-order valence-electron chi connectivity index (χ1n) is 7.32. The zero-order chi connectivity index (χ0) is 15.5. The van der Waals surface area contributed by atoms with Crippen LogP contribution in [0.1, 0.15) is 37.7 Å². The number of halogens is 1. The average molecular weight is 358 g/mol. The molecule has 0 saturated heterocycles. The van der Waals surface area contributed by atoms with Gasteiger partial charge in [-0.3, -0.25) is 0 Å². The van der Waals surface area contributed by atoms with Crippen LogP contribution in [0.4, 0.5) is 0 Å². The van der Waals surface area contributed by atoms with E-state index in [4.69, 9.17) is 19.9 Å². The van der Waals surface area contributed by atoms with E-state index in [1.807, 2.05) is 6.07 Å². The number of ether oxygens (including phenoxy) is 3. The number of methoxy groups -OCH3 is 3. The minimum atomic E-state index is -0.0536. The van der Waals surface area contributed by atoms with Crippen LogP contribution in [0.2, 0.25) is 0 Å². The lowest BCUT2D eigenvalue weighted by atomic mass is 9.69. The van der Waals surface area contributed by atoms with Crippen LogP contribution in [0.25, 0.3) is 0 Å². The zero-order valence-corrected chi connectivity index (χ0v) is 14.6. The Kier molecular flexibility index (Phi) is 5.38. The molecule has 4 nitrogen and oxygen atoms in total. The van der Waals surface area contributed by atoms with E-state index in [1.54, 1.807) is 21.3 Å². The van der Waals surface area contributed by atoms with Crippen molar-refractivity contribution >= 4 is 15.9 Å². The smallest absolute Gasteiger partial charge is 0.175 e. The standard InChI is InChI=1S/C16H24BrNO3/c1-19-11-9-12(20-2)15(21-3)14(17)13(11)16(10-18)7-5-4-6-8-16/h9H,4-8,10,18H2,1-3H3. The van der Waals surface area contributed by atoms with Crippen LogP contribution in [0.5, 0.6) is 17.2 Å².